The number of fused-ring (bicyclic) bond motifs is 1. The van der Waals surface area contributed by atoms with Gasteiger partial charge in [-0.05, 0) is 6.92 Å². The van der Waals surface area contributed by atoms with Gasteiger partial charge in [-0.1, -0.05) is 0 Å². The summed E-state index contributed by atoms with van der Waals surface area (Å²) in [5.41, 5.74) is 5.14. The van der Waals surface area contributed by atoms with Gasteiger partial charge in [0.15, 0.2) is 24.6 Å². The minimum atomic E-state index is -1.46. The van der Waals surface area contributed by atoms with Gasteiger partial charge >= 0.3 is 18.0 Å². The van der Waals surface area contributed by atoms with Crippen molar-refractivity contribution >= 4 is 18.0 Å². The normalized spacial score (nSPS) is 36.1. The average Bonchev–Trinajstić information content (AvgIpc) is 2.83. The highest BCUT2D eigenvalue weighted by Crippen LogP contribution is 2.39. The molecule has 0 radical (unpaired) electrons. The maximum absolute atomic E-state index is 11.5. The molecule has 6 atom stereocenters. The molecule has 11 nitrogen and oxygen atoms in total. The van der Waals surface area contributed by atoms with Crippen LogP contribution in [0.25, 0.3) is 0 Å². The summed E-state index contributed by atoms with van der Waals surface area (Å²) in [4.78, 5) is 34.0. The third-order valence-electron chi connectivity index (χ3n) is 3.68. The second kappa shape index (κ2) is 8.16. The Morgan fingerprint density at radius 1 is 1.08 bits per heavy atom. The fraction of sp³-hybridized carbons (Fsp3) is 0.800. The van der Waals surface area contributed by atoms with Crippen LogP contribution in [-0.2, 0) is 42.7 Å². The first-order valence-electron chi connectivity index (χ1n) is 8.07. The van der Waals surface area contributed by atoms with Crippen LogP contribution in [0, 0.1) is 0 Å². The molecule has 0 spiro atoms. The average molecular weight is 377 g/mol. The van der Waals surface area contributed by atoms with Crippen molar-refractivity contribution in [3.8, 4) is 0 Å². The molecule has 148 valence electrons. The molecule has 0 aromatic heterocycles. The van der Waals surface area contributed by atoms with E-state index < -0.39 is 54.7 Å². The molecule has 0 aliphatic carbocycles. The van der Waals surface area contributed by atoms with Crippen LogP contribution in [0.2, 0.25) is 0 Å². The molecule has 1 amide bonds. The Hall–Kier alpha value is -1.95. The zero-order valence-corrected chi connectivity index (χ0v) is 15.0. The summed E-state index contributed by atoms with van der Waals surface area (Å²) in [6.07, 6.45) is -6.36. The van der Waals surface area contributed by atoms with Crippen LogP contribution in [0.5, 0.6) is 0 Å². The van der Waals surface area contributed by atoms with Crippen LogP contribution < -0.4 is 5.73 Å². The Morgan fingerprint density at radius 3 is 2.31 bits per heavy atom. The number of amides is 1. The predicted octanol–water partition coefficient (Wildman–Crippen LogP) is -0.204. The Bertz CT molecular complexity index is 555. The van der Waals surface area contributed by atoms with E-state index in [1.54, 1.807) is 6.92 Å². The lowest BCUT2D eigenvalue weighted by Crippen LogP contribution is -2.60. The summed E-state index contributed by atoms with van der Waals surface area (Å²) in [5, 5.41) is 0. The van der Waals surface area contributed by atoms with Crippen molar-refractivity contribution in [3.63, 3.8) is 0 Å². The second-order valence-electron chi connectivity index (χ2n) is 5.82. The number of hydrogen-bond donors (Lipinski definition) is 1. The molecule has 0 aromatic carbocycles. The third-order valence-corrected chi connectivity index (χ3v) is 3.68. The van der Waals surface area contributed by atoms with Crippen LogP contribution in [0.1, 0.15) is 27.7 Å². The van der Waals surface area contributed by atoms with Crippen LogP contribution in [0.3, 0.4) is 0 Å². The van der Waals surface area contributed by atoms with Gasteiger partial charge in [0.2, 0.25) is 0 Å². The van der Waals surface area contributed by atoms with Gasteiger partial charge in [-0.3, -0.25) is 14.3 Å². The molecule has 2 rings (SSSR count). The van der Waals surface area contributed by atoms with Gasteiger partial charge in [0, 0.05) is 27.4 Å². The second-order valence-corrected chi connectivity index (χ2v) is 5.82. The molecule has 0 aromatic rings. The Morgan fingerprint density at radius 2 is 1.77 bits per heavy atom. The highest BCUT2D eigenvalue weighted by Gasteiger charge is 2.59. The van der Waals surface area contributed by atoms with E-state index in [0.29, 0.717) is 0 Å². The molecule has 1 unspecified atom stereocenters. The number of ether oxygens (including phenoxy) is 7. The molecule has 2 heterocycles. The maximum Gasteiger partial charge on any atom is 0.405 e. The highest BCUT2D eigenvalue weighted by atomic mass is 16.9. The summed E-state index contributed by atoms with van der Waals surface area (Å²) in [6, 6.07) is 0. The van der Waals surface area contributed by atoms with Crippen LogP contribution in [0.15, 0.2) is 0 Å². The van der Waals surface area contributed by atoms with Crippen molar-refractivity contribution in [2.45, 2.75) is 64.4 Å². The molecule has 2 aliphatic heterocycles. The van der Waals surface area contributed by atoms with Crippen LogP contribution in [0.4, 0.5) is 4.79 Å². The summed E-state index contributed by atoms with van der Waals surface area (Å²) in [5.74, 6) is -2.68. The number of rotatable bonds is 6. The van der Waals surface area contributed by atoms with Gasteiger partial charge in [0.25, 0.3) is 5.97 Å². The van der Waals surface area contributed by atoms with E-state index >= 15 is 0 Å². The fourth-order valence-corrected chi connectivity index (χ4v) is 2.85. The first-order chi connectivity index (χ1) is 12.1. The molecule has 11 heteroatoms. The Kier molecular flexibility index (Phi) is 6.39. The minimum absolute atomic E-state index is 0.260. The van der Waals surface area contributed by atoms with Crippen molar-refractivity contribution in [3.05, 3.63) is 0 Å². The summed E-state index contributed by atoms with van der Waals surface area (Å²) < 4.78 is 37.7. The van der Waals surface area contributed by atoms with E-state index in [1.165, 1.54) is 20.8 Å². The van der Waals surface area contributed by atoms with Crippen molar-refractivity contribution in [1.82, 2.24) is 0 Å². The van der Waals surface area contributed by atoms with Gasteiger partial charge in [0.1, 0.15) is 12.7 Å². The standard InChI is InChI=1S/C15H23NO10/c1-5-21-15(4)25-12-11(24-14(16)19)10(22-8(3)18)9(6-20-7(2)17)23-13(12)26-15/h9-13H,5-6H2,1-4H3,(H2,16,19)/t9-,10-,11+,12+,13+,15?/m1/s1. The summed E-state index contributed by atoms with van der Waals surface area (Å²) in [7, 11) is 0. The first-order valence-corrected chi connectivity index (χ1v) is 8.07. The topological polar surface area (TPSA) is 142 Å². The maximum atomic E-state index is 11.5. The number of carbonyl (C=O) groups excluding carboxylic acids is 3. The van der Waals surface area contributed by atoms with Crippen molar-refractivity contribution in [2.24, 2.45) is 5.73 Å². The minimum Gasteiger partial charge on any atom is -0.463 e. The van der Waals surface area contributed by atoms with E-state index in [2.05, 4.69) is 0 Å². The van der Waals surface area contributed by atoms with E-state index in [0.717, 1.165) is 0 Å². The molecular weight excluding hydrogens is 354 g/mol. The molecule has 2 aliphatic rings. The molecule has 2 saturated heterocycles. The van der Waals surface area contributed by atoms with Crippen LogP contribution >= 0.6 is 0 Å². The predicted molar refractivity (Wildman–Crippen MR) is 81.3 cm³/mol. The van der Waals surface area contributed by atoms with Gasteiger partial charge in [0.05, 0.1) is 0 Å². The number of esters is 2. The Balaban J connectivity index is 2.29. The molecule has 2 N–H and O–H groups in total. The fourth-order valence-electron chi connectivity index (χ4n) is 2.85. The van der Waals surface area contributed by atoms with Crippen molar-refractivity contribution < 1.29 is 47.5 Å². The monoisotopic (exact) mass is 377 g/mol. The number of nitrogens with two attached hydrogens (primary N) is 1. The van der Waals surface area contributed by atoms with Gasteiger partial charge in [-0.15, -0.1) is 0 Å². The molecule has 0 saturated carbocycles. The lowest BCUT2D eigenvalue weighted by Gasteiger charge is -2.40. The van der Waals surface area contributed by atoms with Crippen molar-refractivity contribution in [1.29, 1.82) is 0 Å². The van der Waals surface area contributed by atoms with Gasteiger partial charge in [-0.25, -0.2) is 4.79 Å². The van der Waals surface area contributed by atoms with E-state index in [9.17, 15) is 14.4 Å². The Labute approximate surface area is 149 Å². The zero-order valence-electron chi connectivity index (χ0n) is 15.0. The van der Waals surface area contributed by atoms with Gasteiger partial charge in [-0.2, -0.15) is 0 Å². The van der Waals surface area contributed by atoms with Gasteiger partial charge < -0.3 is 34.2 Å². The molecular formula is C15H23NO10. The number of carbonyl (C=O) groups is 3. The first kappa shape index (κ1) is 20.4. The largest absolute Gasteiger partial charge is 0.463 e. The number of hydrogen-bond acceptors (Lipinski definition) is 10. The smallest absolute Gasteiger partial charge is 0.405 e. The van der Waals surface area contributed by atoms with E-state index in [-0.39, 0.29) is 13.2 Å². The highest BCUT2D eigenvalue weighted by molar-refractivity contribution is 5.67. The SMILES string of the molecule is CCOC1(C)O[C@@H]2O[C@H](COC(C)=O)[C@@H](OC(C)=O)[C@H](OC(N)=O)[C@@H]2O1. The molecule has 2 fully saturated rings. The van der Waals surface area contributed by atoms with E-state index in [1.807, 2.05) is 0 Å². The van der Waals surface area contributed by atoms with Crippen molar-refractivity contribution in [2.75, 3.05) is 13.2 Å². The lowest BCUT2D eigenvalue weighted by atomic mass is 9.98. The number of primary amides is 1. The molecule has 26 heavy (non-hydrogen) atoms. The molecule has 0 bridgehead atoms. The quantitative estimate of drug-likeness (QED) is 0.488. The lowest BCUT2D eigenvalue weighted by molar-refractivity contribution is -0.342. The summed E-state index contributed by atoms with van der Waals surface area (Å²) in [6.45, 7) is 5.66. The summed E-state index contributed by atoms with van der Waals surface area (Å²) >= 11 is 0. The zero-order chi connectivity index (χ0) is 19.5. The third kappa shape index (κ3) is 4.81. The van der Waals surface area contributed by atoms with E-state index in [4.69, 9.17) is 38.9 Å². The van der Waals surface area contributed by atoms with Crippen LogP contribution in [-0.4, -0.2) is 67.9 Å².